The van der Waals surface area contributed by atoms with Gasteiger partial charge in [-0.1, -0.05) is 33.8 Å². The molecule has 6 aliphatic rings. The predicted octanol–water partition coefficient (Wildman–Crippen LogP) is 3.21. The fourth-order valence-electron chi connectivity index (χ4n) is 8.69. The molecule has 2 aliphatic heterocycles. The van der Waals surface area contributed by atoms with Crippen LogP contribution < -0.4 is 0 Å². The van der Waals surface area contributed by atoms with Crippen LogP contribution in [0.3, 0.4) is 0 Å². The predicted molar refractivity (Wildman–Crippen MR) is 125 cm³/mol. The maximum Gasteiger partial charge on any atom is 0.199 e. The van der Waals surface area contributed by atoms with Crippen molar-refractivity contribution in [1.29, 1.82) is 0 Å². The van der Waals surface area contributed by atoms with Crippen LogP contribution in [-0.2, 0) is 14.3 Å². The van der Waals surface area contributed by atoms with Gasteiger partial charge in [0, 0.05) is 29.1 Å². The van der Waals surface area contributed by atoms with E-state index < -0.39 is 46.1 Å². The van der Waals surface area contributed by atoms with E-state index in [4.69, 9.17) is 9.47 Å². The molecule has 1 spiro atoms. The third kappa shape index (κ3) is 2.33. The topological polar surface area (TPSA) is 96.2 Å². The number of hydrogen-bond acceptors (Lipinski definition) is 6. The molecule has 6 rings (SSSR count). The second kappa shape index (κ2) is 6.51. The first kappa shape index (κ1) is 23.1. The molecule has 0 aromatic heterocycles. The average Bonchev–Trinajstić information content (AvgIpc) is 3.10. The van der Waals surface area contributed by atoms with Gasteiger partial charge in [-0.15, -0.1) is 0 Å². The van der Waals surface area contributed by atoms with Crippen LogP contribution in [0, 0.1) is 28.6 Å². The summed E-state index contributed by atoms with van der Waals surface area (Å²) in [6, 6.07) is 0. The molecule has 10 unspecified atom stereocenters. The Balaban J connectivity index is 1.58. The maximum atomic E-state index is 12.2. The van der Waals surface area contributed by atoms with Crippen molar-refractivity contribution in [3.05, 3.63) is 34.9 Å². The summed E-state index contributed by atoms with van der Waals surface area (Å²) < 4.78 is 13.8. The third-order valence-electron chi connectivity index (χ3n) is 11.2. The molecule has 4 aliphatic carbocycles. The van der Waals surface area contributed by atoms with E-state index in [1.165, 1.54) is 0 Å². The van der Waals surface area contributed by atoms with Gasteiger partial charge in [-0.25, -0.2) is 0 Å². The maximum absolute atomic E-state index is 12.2. The van der Waals surface area contributed by atoms with Gasteiger partial charge in [0.25, 0.3) is 0 Å². The van der Waals surface area contributed by atoms with Gasteiger partial charge in [-0.3, -0.25) is 4.79 Å². The van der Waals surface area contributed by atoms with E-state index in [0.717, 1.165) is 17.6 Å². The molecule has 34 heavy (non-hydrogen) atoms. The number of ketones is 1. The van der Waals surface area contributed by atoms with Gasteiger partial charge in [0.2, 0.25) is 0 Å². The Morgan fingerprint density at radius 2 is 1.65 bits per heavy atom. The smallest absolute Gasteiger partial charge is 0.199 e. The minimum Gasteiger partial charge on any atom is -0.388 e. The number of allylic oxidation sites excluding steroid dienone is 1. The first-order valence-corrected chi connectivity index (χ1v) is 12.9. The standard InChI is InChI=1S/C28H38O6/c1-14-17-8-10-27(34-28(14)23(32)15(2)24(3,4)33-28)19-12-21(30)20-11-16(29)7-9-25(20,5)18(19)13-22(31)26(17,27)6/h11-15,17,21-23,30-32H,7-10H2,1-6H3. The SMILES string of the molecule is CC1C(O)C2(OC1(C)C)OC13CCC(C2C)C1(C)C(O)C=C1C3=CC(O)C2=CC(=O)CCC12C. The number of fused-ring (bicyclic) bond motifs is 3. The number of aliphatic hydroxyl groups excluding tert-OH is 3. The van der Waals surface area contributed by atoms with E-state index in [1.807, 2.05) is 32.9 Å². The summed E-state index contributed by atoms with van der Waals surface area (Å²) in [5, 5.41) is 34.5. The van der Waals surface area contributed by atoms with Gasteiger partial charge in [0.05, 0.1) is 17.8 Å². The minimum atomic E-state index is -1.18. The number of aliphatic hydroxyl groups is 3. The van der Waals surface area contributed by atoms with Crippen LogP contribution in [0.5, 0.6) is 0 Å². The molecule has 0 amide bonds. The lowest BCUT2D eigenvalue weighted by molar-refractivity contribution is -0.382. The van der Waals surface area contributed by atoms with Crippen molar-refractivity contribution in [3.8, 4) is 0 Å². The highest BCUT2D eigenvalue weighted by Gasteiger charge is 2.78. The Bertz CT molecular complexity index is 1070. The molecule has 0 aromatic rings. The van der Waals surface area contributed by atoms with E-state index in [0.29, 0.717) is 24.8 Å². The molecule has 10 atom stereocenters. The Labute approximate surface area is 201 Å². The van der Waals surface area contributed by atoms with Gasteiger partial charge < -0.3 is 24.8 Å². The fraction of sp³-hybridized carbons (Fsp3) is 0.750. The molecule has 0 radical (unpaired) electrons. The molecule has 1 saturated carbocycles. The molecule has 2 saturated heterocycles. The van der Waals surface area contributed by atoms with Gasteiger partial charge in [0.1, 0.15) is 11.7 Å². The van der Waals surface area contributed by atoms with Crippen LogP contribution in [0.2, 0.25) is 0 Å². The van der Waals surface area contributed by atoms with Gasteiger partial charge in [-0.2, -0.15) is 0 Å². The first-order chi connectivity index (χ1) is 15.7. The number of ether oxygens (including phenoxy) is 2. The average molecular weight is 471 g/mol. The summed E-state index contributed by atoms with van der Waals surface area (Å²) in [7, 11) is 0. The van der Waals surface area contributed by atoms with Crippen molar-refractivity contribution in [3.63, 3.8) is 0 Å². The van der Waals surface area contributed by atoms with Crippen molar-refractivity contribution in [1.82, 2.24) is 0 Å². The van der Waals surface area contributed by atoms with Crippen molar-refractivity contribution < 1.29 is 29.6 Å². The highest BCUT2D eigenvalue weighted by molar-refractivity contribution is 5.92. The Morgan fingerprint density at radius 3 is 2.29 bits per heavy atom. The number of hydrogen-bond donors (Lipinski definition) is 3. The van der Waals surface area contributed by atoms with Crippen molar-refractivity contribution in [2.24, 2.45) is 28.6 Å². The van der Waals surface area contributed by atoms with E-state index in [1.54, 1.807) is 6.08 Å². The van der Waals surface area contributed by atoms with Gasteiger partial charge in [0.15, 0.2) is 11.6 Å². The second-order valence-corrected chi connectivity index (χ2v) is 12.8. The molecule has 186 valence electrons. The molecular weight excluding hydrogens is 432 g/mol. The zero-order chi connectivity index (χ0) is 24.6. The van der Waals surface area contributed by atoms with E-state index in [9.17, 15) is 20.1 Å². The van der Waals surface area contributed by atoms with Crippen LogP contribution >= 0.6 is 0 Å². The normalized spacial score (nSPS) is 55.2. The number of carbonyl (C=O) groups excluding carboxylic acids is 1. The third-order valence-corrected chi connectivity index (χ3v) is 11.2. The van der Waals surface area contributed by atoms with Gasteiger partial charge >= 0.3 is 0 Å². The Morgan fingerprint density at radius 1 is 0.941 bits per heavy atom. The summed E-state index contributed by atoms with van der Waals surface area (Å²) in [5.41, 5.74) is -0.0649. The van der Waals surface area contributed by atoms with Crippen LogP contribution in [0.15, 0.2) is 34.9 Å². The van der Waals surface area contributed by atoms with Crippen LogP contribution in [0.4, 0.5) is 0 Å². The minimum absolute atomic E-state index is 0.0321. The van der Waals surface area contributed by atoms with Gasteiger partial charge in [-0.05, 0) is 67.9 Å². The summed E-state index contributed by atoms with van der Waals surface area (Å²) in [5.74, 6) is -1.33. The molecule has 0 aromatic carbocycles. The number of carbonyl (C=O) groups is 1. The van der Waals surface area contributed by atoms with Crippen LogP contribution in [-0.4, -0.2) is 56.4 Å². The van der Waals surface area contributed by atoms with Crippen LogP contribution in [0.1, 0.15) is 67.2 Å². The highest BCUT2D eigenvalue weighted by atomic mass is 16.7. The molecule has 3 N–H and O–H groups in total. The molecule has 2 heterocycles. The Kier molecular flexibility index (Phi) is 4.43. The summed E-state index contributed by atoms with van der Waals surface area (Å²) in [6.07, 6.45) is 5.48. The molecule has 2 bridgehead atoms. The quantitative estimate of drug-likeness (QED) is 0.503. The van der Waals surface area contributed by atoms with E-state index in [2.05, 4.69) is 20.8 Å². The monoisotopic (exact) mass is 470 g/mol. The molecular formula is C28H38O6. The first-order valence-electron chi connectivity index (χ1n) is 12.9. The lowest BCUT2D eigenvalue weighted by Crippen LogP contribution is -2.71. The zero-order valence-corrected chi connectivity index (χ0v) is 21.1. The highest BCUT2D eigenvalue weighted by Crippen LogP contribution is 2.73. The lowest BCUT2D eigenvalue weighted by Gasteiger charge is -2.64. The van der Waals surface area contributed by atoms with Crippen molar-refractivity contribution in [2.75, 3.05) is 0 Å². The van der Waals surface area contributed by atoms with Crippen molar-refractivity contribution >= 4 is 5.78 Å². The second-order valence-electron chi connectivity index (χ2n) is 12.8. The summed E-state index contributed by atoms with van der Waals surface area (Å²) >= 11 is 0. The van der Waals surface area contributed by atoms with Crippen molar-refractivity contribution in [2.45, 2.75) is 103 Å². The summed E-state index contributed by atoms with van der Waals surface area (Å²) in [6.45, 7) is 12.3. The Hall–Kier alpha value is -1.31. The van der Waals surface area contributed by atoms with Crippen LogP contribution in [0.25, 0.3) is 0 Å². The molecule has 6 nitrogen and oxygen atoms in total. The lowest BCUT2D eigenvalue weighted by atomic mass is 9.49. The number of rotatable bonds is 0. The fourth-order valence-corrected chi connectivity index (χ4v) is 8.69. The molecule has 3 fully saturated rings. The molecule has 6 heteroatoms. The largest absolute Gasteiger partial charge is 0.388 e. The van der Waals surface area contributed by atoms with E-state index >= 15 is 0 Å². The van der Waals surface area contributed by atoms with E-state index in [-0.39, 0.29) is 23.5 Å². The zero-order valence-electron chi connectivity index (χ0n) is 21.1. The summed E-state index contributed by atoms with van der Waals surface area (Å²) in [4.78, 5) is 12.2.